The van der Waals surface area contributed by atoms with E-state index in [9.17, 15) is 9.59 Å². The molecular formula is C30H34N4O5. The lowest BCUT2D eigenvalue weighted by Crippen LogP contribution is -2.30. The predicted octanol–water partition coefficient (Wildman–Crippen LogP) is 4.08. The Morgan fingerprint density at radius 1 is 0.923 bits per heavy atom. The first kappa shape index (κ1) is 27.5. The lowest BCUT2D eigenvalue weighted by atomic mass is 10.1. The Labute approximate surface area is 228 Å². The van der Waals surface area contributed by atoms with Gasteiger partial charge in [-0.2, -0.15) is 0 Å². The molecular weight excluding hydrogens is 496 g/mol. The molecule has 9 heteroatoms. The molecule has 0 spiro atoms. The number of hydrogen-bond acceptors (Lipinski definition) is 6. The van der Waals surface area contributed by atoms with Gasteiger partial charge in [0, 0.05) is 32.1 Å². The average molecular weight is 531 g/mol. The second kappa shape index (κ2) is 12.8. The number of fused-ring (bicyclic) bond motifs is 1. The lowest BCUT2D eigenvalue weighted by molar-refractivity contribution is -0.131. The molecule has 0 aliphatic rings. The van der Waals surface area contributed by atoms with Gasteiger partial charge in [0.25, 0.3) is 5.91 Å². The third-order valence-corrected chi connectivity index (χ3v) is 6.50. The third kappa shape index (κ3) is 6.49. The van der Waals surface area contributed by atoms with Crippen molar-refractivity contribution in [1.82, 2.24) is 19.8 Å². The summed E-state index contributed by atoms with van der Waals surface area (Å²) >= 11 is 0. The highest BCUT2D eigenvalue weighted by molar-refractivity contribution is 5.95. The number of likely N-dealkylation sites (N-methyl/N-ethyl adjacent to an activating group) is 1. The standard InChI is InChI=1S/C30H34N4O5/c1-33(19-21-11-6-5-7-12-21)28(35)20-34-24-14-9-8-13-23(24)32-27(34)15-10-16-31-30(36)22-17-25(37-2)29(39-4)26(18-22)38-3/h5-9,11-14,17-18H,10,15-16,19-20H2,1-4H3,(H,31,36). The summed E-state index contributed by atoms with van der Waals surface area (Å²) in [7, 11) is 6.35. The molecule has 4 aromatic rings. The van der Waals surface area contributed by atoms with Gasteiger partial charge in [0.1, 0.15) is 12.4 Å². The number of amides is 2. The number of aryl methyl sites for hydroxylation is 1. The summed E-state index contributed by atoms with van der Waals surface area (Å²) in [6.45, 7) is 1.16. The van der Waals surface area contributed by atoms with Gasteiger partial charge < -0.3 is 29.0 Å². The smallest absolute Gasteiger partial charge is 0.251 e. The fourth-order valence-corrected chi connectivity index (χ4v) is 4.46. The molecule has 1 aromatic heterocycles. The molecule has 0 saturated carbocycles. The minimum atomic E-state index is -0.250. The Kier molecular flexibility index (Phi) is 9.04. The molecule has 4 rings (SSSR count). The first-order valence-electron chi connectivity index (χ1n) is 12.8. The van der Waals surface area contributed by atoms with E-state index in [1.165, 1.54) is 21.3 Å². The van der Waals surface area contributed by atoms with Crippen LogP contribution in [0, 0.1) is 0 Å². The van der Waals surface area contributed by atoms with E-state index in [2.05, 4.69) is 5.32 Å². The monoisotopic (exact) mass is 530 g/mol. The maximum absolute atomic E-state index is 13.1. The van der Waals surface area contributed by atoms with Crippen LogP contribution in [0.5, 0.6) is 17.2 Å². The number of ether oxygens (including phenoxy) is 3. The molecule has 0 saturated heterocycles. The molecule has 9 nitrogen and oxygen atoms in total. The van der Waals surface area contributed by atoms with Gasteiger partial charge in [0.05, 0.1) is 32.4 Å². The van der Waals surface area contributed by atoms with Gasteiger partial charge in [-0.15, -0.1) is 0 Å². The van der Waals surface area contributed by atoms with E-state index in [0.29, 0.717) is 48.7 Å². The molecule has 0 bridgehead atoms. The topological polar surface area (TPSA) is 94.9 Å². The van der Waals surface area contributed by atoms with Gasteiger partial charge in [-0.3, -0.25) is 9.59 Å². The normalized spacial score (nSPS) is 10.8. The van der Waals surface area contributed by atoms with E-state index < -0.39 is 0 Å². The highest BCUT2D eigenvalue weighted by Crippen LogP contribution is 2.38. The molecule has 2 amide bonds. The average Bonchev–Trinajstić information content (AvgIpc) is 3.31. The molecule has 39 heavy (non-hydrogen) atoms. The molecule has 0 unspecified atom stereocenters. The summed E-state index contributed by atoms with van der Waals surface area (Å²) in [5, 5.41) is 2.95. The van der Waals surface area contributed by atoms with E-state index in [0.717, 1.165) is 22.4 Å². The Hall–Kier alpha value is -4.53. The van der Waals surface area contributed by atoms with Gasteiger partial charge >= 0.3 is 0 Å². The van der Waals surface area contributed by atoms with Crippen molar-refractivity contribution < 1.29 is 23.8 Å². The number of rotatable bonds is 12. The highest BCUT2D eigenvalue weighted by atomic mass is 16.5. The summed E-state index contributed by atoms with van der Waals surface area (Å²) < 4.78 is 18.0. The van der Waals surface area contributed by atoms with Crippen LogP contribution in [-0.4, -0.2) is 61.2 Å². The fraction of sp³-hybridized carbons (Fsp3) is 0.300. The molecule has 1 N–H and O–H groups in total. The molecule has 0 fully saturated rings. The van der Waals surface area contributed by atoms with Crippen LogP contribution >= 0.6 is 0 Å². The van der Waals surface area contributed by atoms with Gasteiger partial charge in [0.15, 0.2) is 11.5 Å². The van der Waals surface area contributed by atoms with Crippen LogP contribution in [0.4, 0.5) is 0 Å². The highest BCUT2D eigenvalue weighted by Gasteiger charge is 2.18. The van der Waals surface area contributed by atoms with E-state index >= 15 is 0 Å². The van der Waals surface area contributed by atoms with E-state index in [4.69, 9.17) is 19.2 Å². The third-order valence-electron chi connectivity index (χ3n) is 6.50. The summed E-state index contributed by atoms with van der Waals surface area (Å²) in [4.78, 5) is 32.5. The van der Waals surface area contributed by atoms with Crippen molar-refractivity contribution in [3.05, 3.63) is 83.7 Å². The number of carbonyl (C=O) groups excluding carboxylic acids is 2. The number of benzene rings is 3. The van der Waals surface area contributed by atoms with Crippen molar-refractivity contribution in [3.63, 3.8) is 0 Å². The van der Waals surface area contributed by atoms with Gasteiger partial charge in [-0.05, 0) is 36.2 Å². The van der Waals surface area contributed by atoms with E-state index in [1.54, 1.807) is 17.0 Å². The van der Waals surface area contributed by atoms with Crippen molar-refractivity contribution in [3.8, 4) is 17.2 Å². The van der Waals surface area contributed by atoms with Crippen LogP contribution in [0.3, 0.4) is 0 Å². The lowest BCUT2D eigenvalue weighted by Gasteiger charge is -2.19. The zero-order valence-electron chi connectivity index (χ0n) is 22.8. The summed E-state index contributed by atoms with van der Waals surface area (Å²) in [5.41, 5.74) is 3.23. The Morgan fingerprint density at radius 2 is 1.59 bits per heavy atom. The summed E-state index contributed by atoms with van der Waals surface area (Å²) in [5.74, 6) is 1.81. The Morgan fingerprint density at radius 3 is 2.26 bits per heavy atom. The van der Waals surface area contributed by atoms with Crippen molar-refractivity contribution >= 4 is 22.8 Å². The summed E-state index contributed by atoms with van der Waals surface area (Å²) in [6, 6.07) is 20.9. The molecule has 204 valence electrons. The first-order valence-corrected chi connectivity index (χ1v) is 12.8. The number of carbonyl (C=O) groups is 2. The SMILES string of the molecule is COc1cc(C(=O)NCCCc2nc3ccccc3n2CC(=O)N(C)Cc2ccccc2)cc(OC)c1OC. The van der Waals surface area contributed by atoms with Gasteiger partial charge in [0.2, 0.25) is 11.7 Å². The number of nitrogens with zero attached hydrogens (tertiary/aromatic N) is 3. The van der Waals surface area contributed by atoms with Crippen LogP contribution < -0.4 is 19.5 Å². The molecule has 0 aliphatic heterocycles. The molecule has 3 aromatic carbocycles. The number of aromatic nitrogens is 2. The zero-order valence-corrected chi connectivity index (χ0v) is 22.8. The van der Waals surface area contributed by atoms with Crippen LogP contribution in [0.2, 0.25) is 0 Å². The van der Waals surface area contributed by atoms with Gasteiger partial charge in [-0.25, -0.2) is 4.98 Å². The predicted molar refractivity (Wildman–Crippen MR) is 149 cm³/mol. The minimum Gasteiger partial charge on any atom is -0.493 e. The molecule has 1 heterocycles. The van der Waals surface area contributed by atoms with Crippen LogP contribution in [0.1, 0.15) is 28.2 Å². The molecule has 0 aliphatic carbocycles. The summed E-state index contributed by atoms with van der Waals surface area (Å²) in [6.07, 6.45) is 1.24. The van der Waals surface area contributed by atoms with E-state index in [1.807, 2.05) is 66.2 Å². The van der Waals surface area contributed by atoms with Crippen molar-refractivity contribution in [1.29, 1.82) is 0 Å². The zero-order chi connectivity index (χ0) is 27.8. The molecule has 0 atom stereocenters. The van der Waals surface area contributed by atoms with E-state index in [-0.39, 0.29) is 18.4 Å². The van der Waals surface area contributed by atoms with Crippen LogP contribution in [0.25, 0.3) is 11.0 Å². The largest absolute Gasteiger partial charge is 0.493 e. The van der Waals surface area contributed by atoms with Crippen LogP contribution in [0.15, 0.2) is 66.7 Å². The second-order valence-electron chi connectivity index (χ2n) is 9.11. The second-order valence-corrected chi connectivity index (χ2v) is 9.11. The number of nitrogens with one attached hydrogen (secondary N) is 1. The number of methoxy groups -OCH3 is 3. The van der Waals surface area contributed by atoms with Crippen molar-refractivity contribution in [2.75, 3.05) is 34.9 Å². The Balaban J connectivity index is 1.41. The van der Waals surface area contributed by atoms with Gasteiger partial charge in [-0.1, -0.05) is 42.5 Å². The number of hydrogen-bond donors (Lipinski definition) is 1. The minimum absolute atomic E-state index is 0.000964. The first-order chi connectivity index (χ1) is 18.9. The maximum Gasteiger partial charge on any atom is 0.251 e. The van der Waals surface area contributed by atoms with Crippen LogP contribution in [-0.2, 0) is 24.3 Å². The van der Waals surface area contributed by atoms with Crippen molar-refractivity contribution in [2.45, 2.75) is 25.9 Å². The molecule has 0 radical (unpaired) electrons. The quantitative estimate of drug-likeness (QED) is 0.277. The maximum atomic E-state index is 13.1. The Bertz CT molecular complexity index is 1410. The van der Waals surface area contributed by atoms with Crippen molar-refractivity contribution in [2.24, 2.45) is 0 Å². The number of para-hydroxylation sites is 2. The fourth-order valence-electron chi connectivity index (χ4n) is 4.46. The number of imidazole rings is 1.